The van der Waals surface area contributed by atoms with Gasteiger partial charge in [0.2, 0.25) is 11.8 Å². The molecular formula is C29H32ClFN6O3. The Kier molecular flexibility index (Phi) is 7.63. The molecule has 2 aliphatic rings. The van der Waals surface area contributed by atoms with Crippen LogP contribution >= 0.6 is 11.6 Å². The highest BCUT2D eigenvalue weighted by molar-refractivity contribution is 6.30. The van der Waals surface area contributed by atoms with Gasteiger partial charge in [-0.05, 0) is 49.6 Å². The van der Waals surface area contributed by atoms with E-state index in [2.05, 4.69) is 20.7 Å². The van der Waals surface area contributed by atoms with Gasteiger partial charge < -0.3 is 15.5 Å². The summed E-state index contributed by atoms with van der Waals surface area (Å²) in [7, 11) is 0. The fourth-order valence-electron chi connectivity index (χ4n) is 5.52. The lowest BCUT2D eigenvalue weighted by atomic mass is 9.73. The maximum Gasteiger partial charge on any atom is 0.255 e. The minimum absolute atomic E-state index is 0.00979. The van der Waals surface area contributed by atoms with Crippen molar-refractivity contribution >= 4 is 29.3 Å². The van der Waals surface area contributed by atoms with Gasteiger partial charge in [-0.2, -0.15) is 5.10 Å². The molecule has 210 valence electrons. The van der Waals surface area contributed by atoms with Crippen LogP contribution in [0.1, 0.15) is 66.5 Å². The van der Waals surface area contributed by atoms with Crippen LogP contribution < -0.4 is 10.6 Å². The molecule has 0 unspecified atom stereocenters. The molecule has 1 fully saturated rings. The summed E-state index contributed by atoms with van der Waals surface area (Å²) in [6.07, 6.45) is 5.04. The summed E-state index contributed by atoms with van der Waals surface area (Å²) in [4.78, 5) is 44.7. The molecule has 3 aromatic rings. The molecule has 3 amide bonds. The summed E-state index contributed by atoms with van der Waals surface area (Å²) in [6, 6.07) is 8.08. The third-order valence-electron chi connectivity index (χ3n) is 8.08. The highest BCUT2D eigenvalue weighted by Gasteiger charge is 2.46. The summed E-state index contributed by atoms with van der Waals surface area (Å²) in [5, 5.41) is 10.4. The van der Waals surface area contributed by atoms with Gasteiger partial charge in [-0.1, -0.05) is 31.0 Å². The van der Waals surface area contributed by atoms with E-state index in [0.717, 1.165) is 5.56 Å². The third kappa shape index (κ3) is 5.20. The number of hydrogen-bond donors (Lipinski definition) is 2. The number of nitrogens with one attached hydrogen (secondary N) is 2. The van der Waals surface area contributed by atoms with Crippen molar-refractivity contribution in [3.63, 3.8) is 0 Å². The number of nitrogens with zero attached hydrogens (tertiary/aromatic N) is 4. The van der Waals surface area contributed by atoms with Crippen LogP contribution in [-0.2, 0) is 15.0 Å². The zero-order valence-electron chi connectivity index (χ0n) is 22.7. The number of rotatable bonds is 3. The molecule has 0 aliphatic carbocycles. The molecule has 2 N–H and O–H groups in total. The smallest absolute Gasteiger partial charge is 0.255 e. The number of carbonyl (C=O) groups is 3. The average Bonchev–Trinajstić information content (AvgIpc) is 3.29. The summed E-state index contributed by atoms with van der Waals surface area (Å²) in [5.41, 5.74) is 2.17. The first-order valence-electron chi connectivity index (χ1n) is 13.4. The Morgan fingerprint density at radius 3 is 2.75 bits per heavy atom. The maximum absolute atomic E-state index is 14.7. The average molecular weight is 567 g/mol. The van der Waals surface area contributed by atoms with Crippen LogP contribution in [0.3, 0.4) is 0 Å². The van der Waals surface area contributed by atoms with Crippen molar-refractivity contribution in [1.29, 1.82) is 0 Å². The first-order chi connectivity index (χ1) is 19.1. The van der Waals surface area contributed by atoms with Crippen LogP contribution in [0, 0.1) is 18.7 Å². The number of likely N-dealkylation sites (tertiary alicyclic amines) is 1. The molecular weight excluding hydrogens is 535 g/mol. The molecule has 0 radical (unpaired) electrons. The molecule has 9 nitrogen and oxygen atoms in total. The van der Waals surface area contributed by atoms with Gasteiger partial charge in [0, 0.05) is 44.1 Å². The molecule has 2 aromatic heterocycles. The minimum atomic E-state index is -0.617. The van der Waals surface area contributed by atoms with Gasteiger partial charge in [0.1, 0.15) is 5.69 Å². The summed E-state index contributed by atoms with van der Waals surface area (Å²) >= 11 is 5.95. The van der Waals surface area contributed by atoms with Crippen molar-refractivity contribution in [2.45, 2.75) is 51.5 Å². The lowest BCUT2D eigenvalue weighted by Crippen LogP contribution is -2.65. The number of pyridine rings is 1. The number of carbonyl (C=O) groups excluding carboxylic acids is 3. The van der Waals surface area contributed by atoms with Crippen LogP contribution in [-0.4, -0.2) is 57.0 Å². The van der Waals surface area contributed by atoms with E-state index < -0.39 is 17.3 Å². The third-order valence-corrected chi connectivity index (χ3v) is 8.37. The van der Waals surface area contributed by atoms with Gasteiger partial charge in [-0.3, -0.25) is 19.4 Å². The van der Waals surface area contributed by atoms with Gasteiger partial charge in [0.25, 0.3) is 5.91 Å². The Labute approximate surface area is 237 Å². The summed E-state index contributed by atoms with van der Waals surface area (Å²) in [6.45, 7) is 6.54. The van der Waals surface area contributed by atoms with E-state index in [4.69, 9.17) is 11.6 Å². The van der Waals surface area contributed by atoms with Crippen molar-refractivity contribution < 1.29 is 18.8 Å². The number of halogens is 2. The van der Waals surface area contributed by atoms with Gasteiger partial charge in [-0.25, -0.2) is 9.07 Å². The van der Waals surface area contributed by atoms with E-state index in [9.17, 15) is 18.8 Å². The quantitative estimate of drug-likeness (QED) is 0.500. The molecule has 1 saturated heterocycles. The molecule has 2 atom stereocenters. The van der Waals surface area contributed by atoms with Gasteiger partial charge in [0.05, 0.1) is 34.2 Å². The second-order valence-electron chi connectivity index (χ2n) is 10.8. The molecule has 11 heteroatoms. The molecule has 5 rings (SSSR count). The monoisotopic (exact) mass is 566 g/mol. The molecule has 1 spiro atoms. The minimum Gasteiger partial charge on any atom is -0.355 e. The topological polar surface area (TPSA) is 109 Å². The van der Waals surface area contributed by atoms with Crippen molar-refractivity contribution in [3.8, 4) is 5.69 Å². The highest BCUT2D eigenvalue weighted by Crippen LogP contribution is 2.36. The zero-order valence-corrected chi connectivity index (χ0v) is 23.5. The number of hydrogen-bond acceptors (Lipinski definition) is 5. The van der Waals surface area contributed by atoms with Crippen molar-refractivity contribution in [2.75, 3.05) is 19.6 Å². The van der Waals surface area contributed by atoms with Crippen LogP contribution in [0.25, 0.3) is 5.69 Å². The van der Waals surface area contributed by atoms with E-state index in [1.54, 1.807) is 30.2 Å². The Bertz CT molecular complexity index is 1470. The van der Waals surface area contributed by atoms with Crippen molar-refractivity contribution in [1.82, 2.24) is 30.3 Å². The standard InChI is InChI=1S/C29H32ClFN6O3/c1-17-6-4-8-23(35-28(40)21-13-34-37(18(21)2)25-9-5-7-22(30)26(25)31)24-12-20(10-11-32-24)29(14-33-27(17)39)15-36(16-29)19(3)38/h5,7,9-13,17,23H,4,6,8,14-16H2,1-3H3,(H,33,39)(H,35,40)/t17-,23+/m1/s1. The van der Waals surface area contributed by atoms with Gasteiger partial charge in [-0.15, -0.1) is 0 Å². The predicted octanol–water partition coefficient (Wildman–Crippen LogP) is 3.88. The molecule has 40 heavy (non-hydrogen) atoms. The first-order valence-corrected chi connectivity index (χ1v) is 13.8. The van der Waals surface area contributed by atoms with Gasteiger partial charge >= 0.3 is 0 Å². The number of aromatic nitrogens is 3. The highest BCUT2D eigenvalue weighted by atomic mass is 35.5. The Morgan fingerprint density at radius 1 is 1.23 bits per heavy atom. The van der Waals surface area contributed by atoms with E-state index in [-0.39, 0.29) is 34.3 Å². The van der Waals surface area contributed by atoms with Crippen LogP contribution in [0.5, 0.6) is 0 Å². The van der Waals surface area contributed by atoms with E-state index in [0.29, 0.717) is 55.8 Å². The van der Waals surface area contributed by atoms with E-state index in [1.165, 1.54) is 23.9 Å². The fraction of sp³-hybridized carbons (Fsp3) is 0.414. The largest absolute Gasteiger partial charge is 0.355 e. The summed E-state index contributed by atoms with van der Waals surface area (Å²) in [5.74, 6) is -1.20. The number of benzene rings is 1. The molecule has 0 saturated carbocycles. The SMILES string of the molecule is CC(=O)N1CC2(CNC(=O)[C@H](C)CCC[C@H](NC(=O)c3cnn(-c4cccc(Cl)c4F)c3C)c3cc2ccn3)C1. The molecule has 2 aliphatic heterocycles. The first kappa shape index (κ1) is 27.8. The van der Waals surface area contributed by atoms with Crippen LogP contribution in [0.2, 0.25) is 5.02 Å². The molecule has 2 bridgehead atoms. The lowest BCUT2D eigenvalue weighted by Gasteiger charge is -2.50. The van der Waals surface area contributed by atoms with Gasteiger partial charge in [0.15, 0.2) is 5.82 Å². The van der Waals surface area contributed by atoms with E-state index in [1.807, 2.05) is 19.1 Å². The number of amides is 3. The Hall–Kier alpha value is -3.79. The maximum atomic E-state index is 14.7. The van der Waals surface area contributed by atoms with Crippen LogP contribution in [0.4, 0.5) is 4.39 Å². The second-order valence-corrected chi connectivity index (χ2v) is 11.2. The molecule has 1 aromatic carbocycles. The van der Waals surface area contributed by atoms with E-state index >= 15 is 0 Å². The second kappa shape index (κ2) is 11.0. The van der Waals surface area contributed by atoms with Crippen LogP contribution in [0.15, 0.2) is 42.7 Å². The lowest BCUT2D eigenvalue weighted by molar-refractivity contribution is -0.136. The predicted molar refractivity (Wildman–Crippen MR) is 148 cm³/mol. The van der Waals surface area contributed by atoms with Crippen molar-refractivity contribution in [2.24, 2.45) is 5.92 Å². The Balaban J connectivity index is 1.45. The Morgan fingerprint density at radius 2 is 2.00 bits per heavy atom. The normalized spacial score (nSPS) is 20.6. The fourth-order valence-corrected chi connectivity index (χ4v) is 5.69. The zero-order chi connectivity index (χ0) is 28.6. The molecule has 4 heterocycles. The number of fused-ring (bicyclic) bond motifs is 3. The summed E-state index contributed by atoms with van der Waals surface area (Å²) < 4.78 is 16.0. The van der Waals surface area contributed by atoms with Crippen molar-refractivity contribution in [3.05, 3.63) is 76.1 Å².